The topological polar surface area (TPSA) is 3.24 Å². The van der Waals surface area contributed by atoms with Gasteiger partial charge in [-0.1, -0.05) is 115 Å². The minimum atomic E-state index is 1.13. The molecule has 0 bridgehead atoms. The first-order valence-electron chi connectivity index (χ1n) is 15.2. The summed E-state index contributed by atoms with van der Waals surface area (Å²) in [7, 11) is 0. The fraction of sp³-hybridized carbons (Fsp3) is 0. The molecular weight excluding hydrogens is 583 g/mol. The van der Waals surface area contributed by atoms with Gasteiger partial charge in [-0.25, -0.2) is 0 Å². The maximum Gasteiger partial charge on any atom is 0.0718 e. The van der Waals surface area contributed by atoms with Crippen LogP contribution in [0.2, 0.25) is 0 Å². The van der Waals surface area contributed by atoms with Crippen LogP contribution in [0.3, 0.4) is 0 Å². The van der Waals surface area contributed by atoms with E-state index in [0.29, 0.717) is 0 Å². The van der Waals surface area contributed by atoms with Crippen molar-refractivity contribution in [3.63, 3.8) is 0 Å². The van der Waals surface area contributed by atoms with Crippen molar-refractivity contribution in [2.75, 3.05) is 4.90 Å². The zero-order valence-electron chi connectivity index (χ0n) is 24.4. The minimum absolute atomic E-state index is 1.13. The summed E-state index contributed by atoms with van der Waals surface area (Å²) in [6.07, 6.45) is 0. The summed E-state index contributed by atoms with van der Waals surface area (Å²) in [6, 6.07) is 59.6. The molecule has 0 N–H and O–H groups in total. The summed E-state index contributed by atoms with van der Waals surface area (Å²) >= 11 is 3.74. The number of hydrogen-bond donors (Lipinski definition) is 0. The summed E-state index contributed by atoms with van der Waals surface area (Å²) in [5.41, 5.74) is 8.36. The Bertz CT molecular complexity index is 2470. The Morgan fingerprint density at radius 1 is 0.356 bits per heavy atom. The number of hydrogen-bond acceptors (Lipinski definition) is 3. The van der Waals surface area contributed by atoms with Crippen LogP contribution < -0.4 is 4.90 Å². The Kier molecular flexibility index (Phi) is 6.26. The molecule has 0 unspecified atom stereocenters. The quantitative estimate of drug-likeness (QED) is 0.188. The van der Waals surface area contributed by atoms with Gasteiger partial charge in [0.2, 0.25) is 0 Å². The maximum absolute atomic E-state index is 2.44. The molecule has 7 aromatic carbocycles. The molecule has 2 heterocycles. The minimum Gasteiger partial charge on any atom is -0.308 e. The first-order valence-corrected chi connectivity index (χ1v) is 16.8. The van der Waals surface area contributed by atoms with Crippen LogP contribution in [-0.4, -0.2) is 0 Å². The maximum atomic E-state index is 2.44. The highest BCUT2D eigenvalue weighted by atomic mass is 32.1. The van der Waals surface area contributed by atoms with Crippen LogP contribution in [0.25, 0.3) is 62.6 Å². The monoisotopic (exact) mass is 609 g/mol. The lowest BCUT2D eigenvalue weighted by Gasteiger charge is -2.28. The van der Waals surface area contributed by atoms with Gasteiger partial charge in [-0.05, 0) is 65.2 Å². The van der Waals surface area contributed by atoms with Crippen LogP contribution in [0, 0.1) is 0 Å². The number of fused-ring (bicyclic) bond motifs is 6. The van der Waals surface area contributed by atoms with Gasteiger partial charge in [0.15, 0.2) is 0 Å². The molecule has 0 radical (unpaired) electrons. The van der Waals surface area contributed by atoms with Gasteiger partial charge in [-0.15, -0.1) is 22.7 Å². The van der Waals surface area contributed by atoms with Crippen molar-refractivity contribution < 1.29 is 0 Å². The lowest BCUT2D eigenvalue weighted by atomic mass is 9.98. The summed E-state index contributed by atoms with van der Waals surface area (Å²) in [4.78, 5) is 2.44. The summed E-state index contributed by atoms with van der Waals surface area (Å²) < 4.78 is 5.26. The van der Waals surface area contributed by atoms with Crippen LogP contribution in [-0.2, 0) is 0 Å². The van der Waals surface area contributed by atoms with Crippen molar-refractivity contribution in [1.29, 1.82) is 0 Å². The zero-order chi connectivity index (χ0) is 29.7. The van der Waals surface area contributed by atoms with E-state index in [1.165, 1.54) is 68.3 Å². The number of rotatable bonds is 5. The Labute approximate surface area is 269 Å². The van der Waals surface area contributed by atoms with E-state index >= 15 is 0 Å². The van der Waals surface area contributed by atoms with E-state index in [0.717, 1.165) is 11.4 Å². The summed E-state index contributed by atoms with van der Waals surface area (Å²) in [6.45, 7) is 0. The van der Waals surface area contributed by atoms with Crippen LogP contribution in [0.1, 0.15) is 0 Å². The van der Waals surface area contributed by atoms with E-state index in [4.69, 9.17) is 0 Å². The van der Waals surface area contributed by atoms with Gasteiger partial charge in [0, 0.05) is 52.6 Å². The van der Waals surface area contributed by atoms with Crippen molar-refractivity contribution in [3.05, 3.63) is 164 Å². The molecule has 3 heteroatoms. The molecule has 0 atom stereocenters. The predicted molar refractivity (Wildman–Crippen MR) is 198 cm³/mol. The lowest BCUT2D eigenvalue weighted by molar-refractivity contribution is 1.30. The average molecular weight is 610 g/mol. The Morgan fingerprint density at radius 2 is 0.933 bits per heavy atom. The lowest BCUT2D eigenvalue weighted by Crippen LogP contribution is -2.11. The Hall–Kier alpha value is -5.22. The highest BCUT2D eigenvalue weighted by molar-refractivity contribution is 7.26. The van der Waals surface area contributed by atoms with E-state index in [9.17, 15) is 0 Å². The molecule has 9 aromatic rings. The smallest absolute Gasteiger partial charge is 0.0718 e. The third-order valence-corrected chi connectivity index (χ3v) is 11.0. The highest BCUT2D eigenvalue weighted by Crippen LogP contribution is 2.49. The van der Waals surface area contributed by atoms with E-state index in [1.807, 2.05) is 22.7 Å². The molecule has 0 saturated carbocycles. The van der Waals surface area contributed by atoms with Crippen LogP contribution in [0.15, 0.2) is 164 Å². The van der Waals surface area contributed by atoms with Gasteiger partial charge in [-0.3, -0.25) is 0 Å². The number of anilines is 3. The molecule has 1 nitrogen and oxygen atoms in total. The molecule has 2 aromatic heterocycles. The molecule has 0 saturated heterocycles. The Morgan fingerprint density at radius 3 is 1.69 bits per heavy atom. The molecule has 0 amide bonds. The van der Waals surface area contributed by atoms with Crippen molar-refractivity contribution in [2.45, 2.75) is 0 Å². The van der Waals surface area contributed by atoms with Crippen molar-refractivity contribution >= 4 is 80.1 Å². The van der Waals surface area contributed by atoms with Gasteiger partial charge < -0.3 is 4.90 Å². The summed E-state index contributed by atoms with van der Waals surface area (Å²) in [5.74, 6) is 0. The second-order valence-corrected chi connectivity index (χ2v) is 13.5. The number of benzene rings is 7. The molecule has 45 heavy (non-hydrogen) atoms. The van der Waals surface area contributed by atoms with Crippen molar-refractivity contribution in [3.8, 4) is 22.3 Å². The number of para-hydroxylation sites is 1. The van der Waals surface area contributed by atoms with Gasteiger partial charge in [0.25, 0.3) is 0 Å². The number of nitrogens with zero attached hydrogens (tertiary/aromatic N) is 1. The fourth-order valence-electron chi connectivity index (χ4n) is 6.54. The molecule has 0 spiro atoms. The normalized spacial score (nSPS) is 11.6. The number of thiophene rings is 2. The third-order valence-electron chi connectivity index (χ3n) is 8.68. The third kappa shape index (κ3) is 4.43. The molecule has 212 valence electrons. The largest absolute Gasteiger partial charge is 0.308 e. The zero-order valence-corrected chi connectivity index (χ0v) is 26.0. The van der Waals surface area contributed by atoms with Crippen LogP contribution in [0.4, 0.5) is 17.1 Å². The average Bonchev–Trinajstić information content (AvgIpc) is 3.68. The molecular formula is C42H27NS2. The van der Waals surface area contributed by atoms with Gasteiger partial charge in [0.1, 0.15) is 0 Å². The molecule has 0 aliphatic carbocycles. The summed E-state index contributed by atoms with van der Waals surface area (Å²) in [5, 5.41) is 5.25. The van der Waals surface area contributed by atoms with E-state index in [-0.39, 0.29) is 0 Å². The van der Waals surface area contributed by atoms with Crippen molar-refractivity contribution in [1.82, 2.24) is 0 Å². The predicted octanol–water partition coefficient (Wildman–Crippen LogP) is 13.2. The van der Waals surface area contributed by atoms with Crippen molar-refractivity contribution in [2.24, 2.45) is 0 Å². The van der Waals surface area contributed by atoms with Crippen LogP contribution in [0.5, 0.6) is 0 Å². The van der Waals surface area contributed by atoms with Gasteiger partial charge in [-0.2, -0.15) is 0 Å². The second-order valence-electron chi connectivity index (χ2n) is 11.3. The SMILES string of the molecule is c1ccc(-c2ccc3c(sc4ccccc43)c2N(c2ccccc2)c2ccc(-c3ccc4sc5ccccc5c4c3)cc2)cc1. The first kappa shape index (κ1) is 26.2. The van der Waals surface area contributed by atoms with Crippen LogP contribution >= 0.6 is 22.7 Å². The van der Waals surface area contributed by atoms with Gasteiger partial charge in [0.05, 0.1) is 10.4 Å². The fourth-order valence-corrected chi connectivity index (χ4v) is 8.87. The molecule has 0 fully saturated rings. The van der Waals surface area contributed by atoms with Gasteiger partial charge >= 0.3 is 0 Å². The molecule has 0 aliphatic rings. The standard InChI is InChI=1S/C42H27NS2/c1-3-11-29(12-4-1)33-24-25-36-34-15-7-10-18-39(34)45-42(36)41(33)43(31-13-5-2-6-14-31)32-22-19-28(20-23-32)30-21-26-40-37(27-30)35-16-8-9-17-38(35)44-40/h1-27H. The van der Waals surface area contributed by atoms with E-state index < -0.39 is 0 Å². The second kappa shape index (κ2) is 10.7. The molecule has 0 aliphatic heterocycles. The van der Waals surface area contributed by atoms with E-state index in [1.54, 1.807) is 0 Å². The van der Waals surface area contributed by atoms with E-state index in [2.05, 4.69) is 169 Å². The first-order chi connectivity index (χ1) is 22.3. The molecule has 9 rings (SSSR count). The highest BCUT2D eigenvalue weighted by Gasteiger charge is 2.22. The Balaban J connectivity index is 1.25.